The van der Waals surface area contributed by atoms with Crippen molar-refractivity contribution in [2.24, 2.45) is 0 Å². The molecule has 0 unspecified atom stereocenters. The van der Waals surface area contributed by atoms with Crippen LogP contribution in [0.5, 0.6) is 17.4 Å². The van der Waals surface area contributed by atoms with E-state index in [-0.39, 0.29) is 17.3 Å². The number of pyridine rings is 1. The number of nitriles is 1. The number of nitro groups is 1. The molecule has 9 nitrogen and oxygen atoms in total. The van der Waals surface area contributed by atoms with Crippen LogP contribution >= 0.6 is 0 Å². The monoisotopic (exact) mass is 413 g/mol. The van der Waals surface area contributed by atoms with Crippen molar-refractivity contribution in [3.05, 3.63) is 82.3 Å². The van der Waals surface area contributed by atoms with Gasteiger partial charge in [-0.15, -0.1) is 0 Å². The standard InChI is InChI=1S/C22H15N5O4/c1-30-20-12-14(8-9-19(20)31-22-18(27(28)29)7-4-10-24-22)11-15(13-23)21-25-16-5-2-3-6-17(16)26-21/h2-12H,1H3,(H,25,26)/b15-11+. The molecular formula is C22H15N5O4. The van der Waals surface area contributed by atoms with Crippen molar-refractivity contribution in [3.8, 4) is 23.4 Å². The van der Waals surface area contributed by atoms with E-state index in [1.165, 1.54) is 25.4 Å². The second-order valence-electron chi connectivity index (χ2n) is 6.37. The largest absolute Gasteiger partial charge is 0.493 e. The highest BCUT2D eigenvalue weighted by molar-refractivity contribution is 5.90. The molecule has 0 radical (unpaired) electrons. The summed E-state index contributed by atoms with van der Waals surface area (Å²) in [4.78, 5) is 22.1. The average Bonchev–Trinajstić information content (AvgIpc) is 3.22. The summed E-state index contributed by atoms with van der Waals surface area (Å²) in [5, 5.41) is 20.8. The van der Waals surface area contributed by atoms with Crippen molar-refractivity contribution in [1.82, 2.24) is 15.0 Å². The van der Waals surface area contributed by atoms with Gasteiger partial charge in [0.05, 0.1) is 28.6 Å². The molecule has 0 amide bonds. The molecule has 2 aromatic heterocycles. The number of nitrogens with zero attached hydrogens (tertiary/aromatic N) is 4. The van der Waals surface area contributed by atoms with Gasteiger partial charge in [0.1, 0.15) is 11.9 Å². The normalized spacial score (nSPS) is 11.2. The molecule has 9 heteroatoms. The van der Waals surface area contributed by atoms with Crippen LogP contribution in [-0.2, 0) is 0 Å². The van der Waals surface area contributed by atoms with Crippen LogP contribution in [-0.4, -0.2) is 27.0 Å². The minimum atomic E-state index is -0.571. The zero-order valence-electron chi connectivity index (χ0n) is 16.3. The number of nitrogens with one attached hydrogen (secondary N) is 1. The zero-order chi connectivity index (χ0) is 21.8. The highest BCUT2D eigenvalue weighted by Gasteiger charge is 2.18. The fourth-order valence-electron chi connectivity index (χ4n) is 2.96. The molecule has 0 spiro atoms. The molecule has 1 N–H and O–H groups in total. The van der Waals surface area contributed by atoms with Gasteiger partial charge in [-0.05, 0) is 42.0 Å². The van der Waals surface area contributed by atoms with Gasteiger partial charge in [-0.3, -0.25) is 10.1 Å². The Labute approximate surface area is 176 Å². The van der Waals surface area contributed by atoms with E-state index in [9.17, 15) is 15.4 Å². The van der Waals surface area contributed by atoms with Gasteiger partial charge in [-0.2, -0.15) is 5.26 Å². The summed E-state index contributed by atoms with van der Waals surface area (Å²) < 4.78 is 11.0. The second-order valence-corrected chi connectivity index (χ2v) is 6.37. The zero-order valence-corrected chi connectivity index (χ0v) is 16.3. The number of allylic oxidation sites excluding steroid dienone is 1. The van der Waals surface area contributed by atoms with E-state index in [1.54, 1.807) is 24.3 Å². The lowest BCUT2D eigenvalue weighted by molar-refractivity contribution is -0.386. The van der Waals surface area contributed by atoms with Gasteiger partial charge in [-0.1, -0.05) is 18.2 Å². The molecule has 0 aliphatic rings. The Balaban J connectivity index is 1.67. The first-order chi connectivity index (χ1) is 15.1. The molecule has 0 saturated carbocycles. The Bertz CT molecular complexity index is 1320. The number of hydrogen-bond donors (Lipinski definition) is 1. The van der Waals surface area contributed by atoms with Gasteiger partial charge in [0, 0.05) is 12.3 Å². The summed E-state index contributed by atoms with van der Waals surface area (Å²) in [6, 6.07) is 17.4. The maximum Gasteiger partial charge on any atom is 0.331 e. The Morgan fingerprint density at radius 1 is 1.19 bits per heavy atom. The van der Waals surface area contributed by atoms with Gasteiger partial charge in [0.15, 0.2) is 11.5 Å². The molecule has 31 heavy (non-hydrogen) atoms. The van der Waals surface area contributed by atoms with E-state index in [2.05, 4.69) is 21.0 Å². The molecule has 2 aromatic carbocycles. The smallest absolute Gasteiger partial charge is 0.331 e. The van der Waals surface area contributed by atoms with E-state index in [0.29, 0.717) is 22.7 Å². The van der Waals surface area contributed by atoms with Crippen LogP contribution in [0.3, 0.4) is 0 Å². The van der Waals surface area contributed by atoms with Crippen LogP contribution in [0.25, 0.3) is 22.7 Å². The van der Waals surface area contributed by atoms with Crippen molar-refractivity contribution < 1.29 is 14.4 Å². The fourth-order valence-corrected chi connectivity index (χ4v) is 2.96. The predicted octanol–water partition coefficient (Wildman–Crippen LogP) is 4.73. The van der Waals surface area contributed by atoms with Crippen molar-refractivity contribution in [2.45, 2.75) is 0 Å². The fraction of sp³-hybridized carbons (Fsp3) is 0.0455. The predicted molar refractivity (Wildman–Crippen MR) is 114 cm³/mol. The summed E-state index contributed by atoms with van der Waals surface area (Å²) in [5.41, 5.74) is 2.34. The first-order valence-electron chi connectivity index (χ1n) is 9.11. The average molecular weight is 413 g/mol. The number of benzene rings is 2. The van der Waals surface area contributed by atoms with Crippen LogP contribution < -0.4 is 9.47 Å². The van der Waals surface area contributed by atoms with Crippen molar-refractivity contribution in [3.63, 3.8) is 0 Å². The number of fused-ring (bicyclic) bond motifs is 1. The van der Waals surface area contributed by atoms with E-state index in [1.807, 2.05) is 24.3 Å². The van der Waals surface area contributed by atoms with E-state index < -0.39 is 4.92 Å². The van der Waals surface area contributed by atoms with Crippen LogP contribution in [0.2, 0.25) is 0 Å². The third kappa shape index (κ3) is 4.04. The minimum absolute atomic E-state index is 0.144. The number of ether oxygens (including phenoxy) is 2. The van der Waals surface area contributed by atoms with Crippen molar-refractivity contribution in [1.29, 1.82) is 5.26 Å². The molecule has 0 fully saturated rings. The van der Waals surface area contributed by atoms with Gasteiger partial charge in [0.2, 0.25) is 0 Å². The summed E-state index contributed by atoms with van der Waals surface area (Å²) in [5.74, 6) is 0.889. The summed E-state index contributed by atoms with van der Waals surface area (Å²) in [7, 11) is 1.45. The second kappa shape index (κ2) is 8.34. The third-order valence-electron chi connectivity index (χ3n) is 4.42. The Morgan fingerprint density at radius 2 is 2.03 bits per heavy atom. The molecule has 152 valence electrons. The molecule has 0 aliphatic heterocycles. The first-order valence-corrected chi connectivity index (χ1v) is 9.11. The molecular weight excluding hydrogens is 398 g/mol. The van der Waals surface area contributed by atoms with Gasteiger partial charge >= 0.3 is 5.69 Å². The summed E-state index contributed by atoms with van der Waals surface area (Å²) >= 11 is 0. The SMILES string of the molecule is COc1cc(/C=C(\C#N)c2nc3ccccc3[nH]2)ccc1Oc1ncccc1[N+](=O)[O-]. The van der Waals surface area contributed by atoms with E-state index in [0.717, 1.165) is 11.0 Å². The summed E-state index contributed by atoms with van der Waals surface area (Å²) in [6.07, 6.45) is 3.06. The quantitative estimate of drug-likeness (QED) is 0.275. The minimum Gasteiger partial charge on any atom is -0.493 e. The molecule has 0 atom stereocenters. The van der Waals surface area contributed by atoms with Crippen LogP contribution in [0.15, 0.2) is 60.8 Å². The third-order valence-corrected chi connectivity index (χ3v) is 4.42. The summed E-state index contributed by atoms with van der Waals surface area (Å²) in [6.45, 7) is 0. The van der Waals surface area contributed by atoms with Gasteiger partial charge in [-0.25, -0.2) is 9.97 Å². The molecule has 2 heterocycles. The van der Waals surface area contributed by atoms with Crippen LogP contribution in [0, 0.1) is 21.4 Å². The molecule has 0 aliphatic carbocycles. The number of methoxy groups -OCH3 is 1. The number of H-pyrrole nitrogens is 1. The Morgan fingerprint density at radius 3 is 2.77 bits per heavy atom. The topological polar surface area (TPSA) is 127 Å². The van der Waals surface area contributed by atoms with Gasteiger partial charge < -0.3 is 14.5 Å². The number of aromatic amines is 1. The maximum atomic E-state index is 11.2. The number of para-hydroxylation sites is 2. The number of rotatable bonds is 6. The van der Waals surface area contributed by atoms with Gasteiger partial charge in [0.25, 0.3) is 5.88 Å². The first kappa shape index (κ1) is 19.6. The van der Waals surface area contributed by atoms with Crippen molar-refractivity contribution in [2.75, 3.05) is 7.11 Å². The number of imidazole rings is 1. The molecule has 0 bridgehead atoms. The highest BCUT2D eigenvalue weighted by Crippen LogP contribution is 2.35. The number of hydrogen-bond acceptors (Lipinski definition) is 7. The number of aromatic nitrogens is 3. The van der Waals surface area contributed by atoms with Crippen LogP contribution in [0.4, 0.5) is 5.69 Å². The van der Waals surface area contributed by atoms with E-state index >= 15 is 0 Å². The molecule has 4 rings (SSSR count). The lowest BCUT2D eigenvalue weighted by Crippen LogP contribution is -1.97. The molecule has 4 aromatic rings. The molecule has 0 saturated heterocycles. The van der Waals surface area contributed by atoms with Crippen LogP contribution in [0.1, 0.15) is 11.4 Å². The van der Waals surface area contributed by atoms with Crippen molar-refractivity contribution >= 4 is 28.4 Å². The maximum absolute atomic E-state index is 11.2. The van der Waals surface area contributed by atoms with E-state index in [4.69, 9.17) is 9.47 Å². The lowest BCUT2D eigenvalue weighted by atomic mass is 10.1. The Kier molecular flexibility index (Phi) is 5.27. The highest BCUT2D eigenvalue weighted by atomic mass is 16.6. The Hall–Kier alpha value is -4.71. The lowest BCUT2D eigenvalue weighted by Gasteiger charge is -2.10.